The maximum atomic E-state index is 13.3. The second-order valence-electron chi connectivity index (χ2n) is 7.64. The molecule has 0 unspecified atom stereocenters. The number of hydrogen-bond acceptors (Lipinski definition) is 3. The van der Waals surface area contributed by atoms with E-state index in [9.17, 15) is 13.2 Å². The zero-order valence-corrected chi connectivity index (χ0v) is 18.4. The number of hydrogen-bond donors (Lipinski definition) is 1. The van der Waals surface area contributed by atoms with Gasteiger partial charge in [-0.15, -0.1) is 0 Å². The topological polar surface area (TPSA) is 66.5 Å². The van der Waals surface area contributed by atoms with E-state index in [1.807, 2.05) is 32.0 Å². The molecule has 0 aliphatic heterocycles. The molecule has 0 aromatic heterocycles. The lowest BCUT2D eigenvalue weighted by atomic mass is 9.95. The summed E-state index contributed by atoms with van der Waals surface area (Å²) < 4.78 is 28.0. The molecule has 0 heterocycles. The van der Waals surface area contributed by atoms with Gasteiger partial charge in [-0.05, 0) is 74.2 Å². The lowest BCUT2D eigenvalue weighted by Gasteiger charge is -2.33. The average Bonchev–Trinajstić information content (AvgIpc) is 2.70. The fraction of sp³-hybridized carbons (Fsp3) is 0.409. The Morgan fingerprint density at radius 1 is 1.03 bits per heavy atom. The van der Waals surface area contributed by atoms with E-state index in [0.29, 0.717) is 10.7 Å². The van der Waals surface area contributed by atoms with Crippen molar-refractivity contribution in [3.05, 3.63) is 58.6 Å². The summed E-state index contributed by atoms with van der Waals surface area (Å²) in [5.41, 5.74) is 2.88. The Labute approximate surface area is 178 Å². The van der Waals surface area contributed by atoms with Gasteiger partial charge in [-0.2, -0.15) is 4.31 Å². The van der Waals surface area contributed by atoms with Crippen LogP contribution in [-0.2, 0) is 14.8 Å². The first-order valence-electron chi connectivity index (χ1n) is 9.92. The number of rotatable bonds is 6. The summed E-state index contributed by atoms with van der Waals surface area (Å²) in [5.74, 6) is -0.337. The number of sulfonamides is 1. The molecule has 0 atom stereocenters. The van der Waals surface area contributed by atoms with Crippen LogP contribution in [0.2, 0.25) is 5.02 Å². The first-order valence-corrected chi connectivity index (χ1v) is 11.7. The van der Waals surface area contributed by atoms with Crippen LogP contribution in [0.25, 0.3) is 0 Å². The number of nitrogens with one attached hydrogen (secondary N) is 1. The van der Waals surface area contributed by atoms with Gasteiger partial charge in [0.15, 0.2) is 0 Å². The van der Waals surface area contributed by atoms with Gasteiger partial charge in [0.25, 0.3) is 0 Å². The lowest BCUT2D eigenvalue weighted by Crippen LogP contribution is -2.45. The van der Waals surface area contributed by atoms with E-state index in [-0.39, 0.29) is 23.4 Å². The number of benzene rings is 2. The molecule has 1 N–H and O–H groups in total. The van der Waals surface area contributed by atoms with Crippen LogP contribution in [0, 0.1) is 13.8 Å². The molecule has 0 radical (unpaired) electrons. The second-order valence-corrected chi connectivity index (χ2v) is 9.97. The van der Waals surface area contributed by atoms with Crippen molar-refractivity contribution in [2.45, 2.75) is 56.9 Å². The van der Waals surface area contributed by atoms with E-state index >= 15 is 0 Å². The van der Waals surface area contributed by atoms with Crippen molar-refractivity contribution in [2.24, 2.45) is 0 Å². The van der Waals surface area contributed by atoms with Crippen LogP contribution in [0.15, 0.2) is 47.4 Å². The third kappa shape index (κ3) is 5.38. The number of halogens is 1. The maximum absolute atomic E-state index is 13.3. The van der Waals surface area contributed by atoms with Crippen LogP contribution < -0.4 is 5.32 Å². The van der Waals surface area contributed by atoms with E-state index < -0.39 is 10.0 Å². The fourth-order valence-corrected chi connectivity index (χ4v) is 5.45. The molecule has 1 saturated carbocycles. The van der Waals surface area contributed by atoms with Crippen LogP contribution in [0.4, 0.5) is 5.69 Å². The molecule has 29 heavy (non-hydrogen) atoms. The van der Waals surface area contributed by atoms with Gasteiger partial charge in [-0.25, -0.2) is 8.42 Å². The standard InChI is InChI=1S/C22H27ClN2O3S/c1-16-8-11-19(14-17(16)2)24-22(26)15-25(20-6-4-3-5-7-20)29(27,28)21-12-9-18(23)10-13-21/h8-14,20H,3-7,15H2,1-2H3,(H,24,26). The normalized spacial score (nSPS) is 15.4. The Kier molecular flexibility index (Phi) is 6.98. The number of anilines is 1. The molecule has 1 amide bonds. The predicted octanol–water partition coefficient (Wildman–Crippen LogP) is 4.92. The number of amides is 1. The second kappa shape index (κ2) is 9.28. The minimum atomic E-state index is -3.81. The molecule has 1 fully saturated rings. The molecule has 0 saturated heterocycles. The van der Waals surface area contributed by atoms with Crippen molar-refractivity contribution in [3.8, 4) is 0 Å². The monoisotopic (exact) mass is 434 g/mol. The first-order chi connectivity index (χ1) is 13.8. The summed E-state index contributed by atoms with van der Waals surface area (Å²) in [5, 5.41) is 3.32. The van der Waals surface area contributed by atoms with Crippen LogP contribution >= 0.6 is 11.6 Å². The van der Waals surface area contributed by atoms with Crippen LogP contribution in [0.5, 0.6) is 0 Å². The Morgan fingerprint density at radius 3 is 2.31 bits per heavy atom. The van der Waals surface area contributed by atoms with Crippen molar-refractivity contribution in [3.63, 3.8) is 0 Å². The molecule has 0 bridgehead atoms. The largest absolute Gasteiger partial charge is 0.325 e. The average molecular weight is 435 g/mol. The van der Waals surface area contributed by atoms with E-state index in [4.69, 9.17) is 11.6 Å². The molecule has 2 aromatic carbocycles. The van der Waals surface area contributed by atoms with Gasteiger partial charge in [0.05, 0.1) is 11.4 Å². The minimum absolute atomic E-state index is 0.159. The van der Waals surface area contributed by atoms with Crippen molar-refractivity contribution in [1.82, 2.24) is 4.31 Å². The Balaban J connectivity index is 1.84. The van der Waals surface area contributed by atoms with Gasteiger partial charge in [0.1, 0.15) is 0 Å². The maximum Gasteiger partial charge on any atom is 0.243 e. The Bertz CT molecular complexity index is 968. The quantitative estimate of drug-likeness (QED) is 0.701. The van der Waals surface area contributed by atoms with Gasteiger partial charge in [-0.1, -0.05) is 36.9 Å². The predicted molar refractivity (Wildman–Crippen MR) is 117 cm³/mol. The van der Waals surface area contributed by atoms with Gasteiger partial charge in [0, 0.05) is 16.8 Å². The van der Waals surface area contributed by atoms with Gasteiger partial charge >= 0.3 is 0 Å². The van der Waals surface area contributed by atoms with E-state index in [0.717, 1.165) is 43.2 Å². The first kappa shape index (κ1) is 21.8. The van der Waals surface area contributed by atoms with Crippen LogP contribution in [-0.4, -0.2) is 31.2 Å². The number of carbonyl (C=O) groups is 1. The number of nitrogens with zero attached hydrogens (tertiary/aromatic N) is 1. The van der Waals surface area contributed by atoms with Crippen molar-refractivity contribution in [2.75, 3.05) is 11.9 Å². The Morgan fingerprint density at radius 2 is 1.69 bits per heavy atom. The smallest absolute Gasteiger partial charge is 0.243 e. The molecule has 1 aliphatic carbocycles. The molecule has 3 rings (SSSR count). The molecule has 2 aromatic rings. The lowest BCUT2D eigenvalue weighted by molar-refractivity contribution is -0.116. The highest BCUT2D eigenvalue weighted by molar-refractivity contribution is 7.89. The van der Waals surface area contributed by atoms with Crippen LogP contribution in [0.1, 0.15) is 43.2 Å². The summed E-state index contributed by atoms with van der Waals surface area (Å²) >= 11 is 5.92. The highest BCUT2D eigenvalue weighted by atomic mass is 35.5. The summed E-state index contributed by atoms with van der Waals surface area (Å²) in [4.78, 5) is 12.9. The van der Waals surface area contributed by atoms with Gasteiger partial charge < -0.3 is 5.32 Å². The van der Waals surface area contributed by atoms with Gasteiger partial charge in [0.2, 0.25) is 15.9 Å². The zero-order valence-electron chi connectivity index (χ0n) is 16.8. The molecule has 1 aliphatic rings. The van der Waals surface area contributed by atoms with Crippen molar-refractivity contribution in [1.29, 1.82) is 0 Å². The molecule has 5 nitrogen and oxygen atoms in total. The molecule has 156 valence electrons. The number of aryl methyl sites for hydroxylation is 2. The molecular weight excluding hydrogens is 408 g/mol. The summed E-state index contributed by atoms with van der Waals surface area (Å²) in [6, 6.07) is 11.6. The molecule has 7 heteroatoms. The van der Waals surface area contributed by atoms with E-state index in [1.165, 1.54) is 16.4 Å². The third-order valence-corrected chi connectivity index (χ3v) is 7.66. The third-order valence-electron chi connectivity index (χ3n) is 5.49. The van der Waals surface area contributed by atoms with Crippen molar-refractivity contribution >= 4 is 33.2 Å². The minimum Gasteiger partial charge on any atom is -0.325 e. The highest BCUT2D eigenvalue weighted by Crippen LogP contribution is 2.28. The zero-order chi connectivity index (χ0) is 21.0. The fourth-order valence-electron chi connectivity index (χ4n) is 3.68. The summed E-state index contributed by atoms with van der Waals surface area (Å²) in [7, 11) is -3.81. The molecular formula is C22H27ClN2O3S. The summed E-state index contributed by atoms with van der Waals surface area (Å²) in [6.45, 7) is 3.78. The number of carbonyl (C=O) groups excluding carboxylic acids is 1. The van der Waals surface area contributed by atoms with E-state index in [1.54, 1.807) is 12.1 Å². The molecule has 0 spiro atoms. The van der Waals surface area contributed by atoms with Crippen LogP contribution in [0.3, 0.4) is 0 Å². The summed E-state index contributed by atoms with van der Waals surface area (Å²) in [6.07, 6.45) is 4.57. The van der Waals surface area contributed by atoms with Gasteiger partial charge in [-0.3, -0.25) is 4.79 Å². The SMILES string of the molecule is Cc1ccc(NC(=O)CN(C2CCCCC2)S(=O)(=O)c2ccc(Cl)cc2)cc1C. The van der Waals surface area contributed by atoms with Crippen molar-refractivity contribution < 1.29 is 13.2 Å². The highest BCUT2D eigenvalue weighted by Gasteiger charge is 2.34. The Hall–Kier alpha value is -1.89. The van der Waals surface area contributed by atoms with E-state index in [2.05, 4.69) is 5.32 Å².